The Bertz CT molecular complexity index is 1130. The first-order valence-corrected chi connectivity index (χ1v) is 11.2. The van der Waals surface area contributed by atoms with Crippen LogP contribution in [-0.2, 0) is 9.84 Å². The van der Waals surface area contributed by atoms with Crippen molar-refractivity contribution in [1.29, 1.82) is 5.26 Å². The van der Waals surface area contributed by atoms with Gasteiger partial charge >= 0.3 is 0 Å². The summed E-state index contributed by atoms with van der Waals surface area (Å²) in [6, 6.07) is 12.3. The number of nitriles is 1. The van der Waals surface area contributed by atoms with E-state index in [1.807, 2.05) is 12.1 Å². The second kappa shape index (κ2) is 7.12. The highest BCUT2D eigenvalue weighted by Crippen LogP contribution is 2.43. The standard InChI is InChI=1S/C19H16ClN3O2S2/c20-14-3-5-15(6-4-14)27(24,25)19-17(16-2-1-9-22-18(16)26-19)23-10-7-13(12-21)8-11-23/h1-6,9,13H,7-8,10-11H2. The molecular formula is C19H16ClN3O2S2. The number of nitrogens with zero attached hydrogens (tertiary/aromatic N) is 3. The summed E-state index contributed by atoms with van der Waals surface area (Å²) in [4.78, 5) is 7.36. The zero-order valence-electron chi connectivity index (χ0n) is 14.3. The molecule has 1 saturated heterocycles. The fourth-order valence-electron chi connectivity index (χ4n) is 3.33. The number of sulfone groups is 1. The van der Waals surface area contributed by atoms with Crippen molar-refractivity contribution >= 4 is 48.7 Å². The number of thiophene rings is 1. The molecule has 4 rings (SSSR count). The van der Waals surface area contributed by atoms with E-state index in [4.69, 9.17) is 16.9 Å². The Morgan fingerprint density at radius 1 is 1.19 bits per heavy atom. The van der Waals surface area contributed by atoms with Crippen molar-refractivity contribution in [3.63, 3.8) is 0 Å². The minimum absolute atomic E-state index is 0.0283. The van der Waals surface area contributed by atoms with Crippen LogP contribution in [0.5, 0.6) is 0 Å². The molecule has 27 heavy (non-hydrogen) atoms. The van der Waals surface area contributed by atoms with Gasteiger partial charge in [0.1, 0.15) is 4.83 Å². The van der Waals surface area contributed by atoms with Gasteiger partial charge in [0.15, 0.2) is 4.21 Å². The van der Waals surface area contributed by atoms with Crippen LogP contribution in [0.3, 0.4) is 0 Å². The van der Waals surface area contributed by atoms with Crippen molar-refractivity contribution < 1.29 is 8.42 Å². The molecule has 0 amide bonds. The van der Waals surface area contributed by atoms with E-state index in [0.717, 1.165) is 18.2 Å². The van der Waals surface area contributed by atoms with Gasteiger partial charge in [-0.25, -0.2) is 13.4 Å². The van der Waals surface area contributed by atoms with Crippen LogP contribution in [0.2, 0.25) is 5.02 Å². The summed E-state index contributed by atoms with van der Waals surface area (Å²) in [5.74, 6) is 0.0283. The highest BCUT2D eigenvalue weighted by atomic mass is 35.5. The third-order valence-electron chi connectivity index (χ3n) is 4.77. The maximum absolute atomic E-state index is 13.4. The van der Waals surface area contributed by atoms with Crippen LogP contribution in [0.1, 0.15) is 12.8 Å². The molecule has 3 heterocycles. The first-order chi connectivity index (χ1) is 13.0. The number of piperidine rings is 1. The van der Waals surface area contributed by atoms with E-state index in [1.165, 1.54) is 23.5 Å². The smallest absolute Gasteiger partial charge is 0.218 e. The minimum atomic E-state index is -3.70. The van der Waals surface area contributed by atoms with E-state index in [-0.39, 0.29) is 10.8 Å². The number of fused-ring (bicyclic) bond motifs is 1. The van der Waals surface area contributed by atoms with Crippen molar-refractivity contribution in [2.45, 2.75) is 21.9 Å². The van der Waals surface area contributed by atoms with Gasteiger partial charge in [0.25, 0.3) is 0 Å². The fourth-order valence-corrected chi connectivity index (χ4v) is 6.52. The molecule has 0 radical (unpaired) electrons. The summed E-state index contributed by atoms with van der Waals surface area (Å²) >= 11 is 7.11. The van der Waals surface area contributed by atoms with Gasteiger partial charge in [0.2, 0.25) is 9.84 Å². The minimum Gasteiger partial charge on any atom is -0.369 e. The van der Waals surface area contributed by atoms with Crippen LogP contribution in [0, 0.1) is 17.2 Å². The molecule has 0 N–H and O–H groups in total. The van der Waals surface area contributed by atoms with Crippen molar-refractivity contribution in [2.24, 2.45) is 5.92 Å². The van der Waals surface area contributed by atoms with E-state index >= 15 is 0 Å². The van der Waals surface area contributed by atoms with E-state index in [9.17, 15) is 8.42 Å². The lowest BCUT2D eigenvalue weighted by molar-refractivity contribution is 0.487. The Hall–Kier alpha value is -2.14. The van der Waals surface area contributed by atoms with E-state index < -0.39 is 9.84 Å². The SMILES string of the molecule is N#CC1CCN(c2c(S(=O)(=O)c3ccc(Cl)cc3)sc3ncccc23)CC1. The molecule has 0 bridgehead atoms. The van der Waals surface area contributed by atoms with Gasteiger partial charge in [-0.1, -0.05) is 11.6 Å². The molecule has 1 fully saturated rings. The third kappa shape index (κ3) is 3.29. The lowest BCUT2D eigenvalue weighted by Gasteiger charge is -2.31. The Kier molecular flexibility index (Phi) is 4.81. The van der Waals surface area contributed by atoms with E-state index in [1.54, 1.807) is 18.3 Å². The molecule has 2 aromatic heterocycles. The molecule has 0 unspecified atom stereocenters. The van der Waals surface area contributed by atoms with Crippen molar-refractivity contribution in [3.8, 4) is 6.07 Å². The summed E-state index contributed by atoms with van der Waals surface area (Å²) in [5, 5.41) is 10.5. The van der Waals surface area contributed by atoms with Gasteiger partial charge in [-0.15, -0.1) is 11.3 Å². The maximum Gasteiger partial charge on any atom is 0.218 e. The van der Waals surface area contributed by atoms with Crippen LogP contribution in [0.25, 0.3) is 10.2 Å². The Morgan fingerprint density at radius 3 is 2.56 bits per heavy atom. The third-order valence-corrected chi connectivity index (χ3v) is 8.40. The molecule has 0 atom stereocenters. The van der Waals surface area contributed by atoms with Crippen molar-refractivity contribution in [3.05, 3.63) is 47.6 Å². The second-order valence-corrected chi connectivity index (χ2v) is 10.0. The molecule has 8 heteroatoms. The molecule has 1 aromatic carbocycles. The Balaban J connectivity index is 1.86. The first kappa shape index (κ1) is 18.2. The first-order valence-electron chi connectivity index (χ1n) is 8.53. The second-order valence-electron chi connectivity index (χ2n) is 6.44. The van der Waals surface area contributed by atoms with Gasteiger partial charge in [-0.2, -0.15) is 5.26 Å². The maximum atomic E-state index is 13.4. The zero-order chi connectivity index (χ0) is 19.0. The normalized spacial score (nSPS) is 15.8. The Morgan fingerprint density at radius 2 is 1.89 bits per heavy atom. The summed E-state index contributed by atoms with van der Waals surface area (Å²) in [7, 11) is -3.70. The number of pyridine rings is 1. The number of anilines is 1. The Labute approximate surface area is 166 Å². The highest BCUT2D eigenvalue weighted by Gasteiger charge is 2.31. The van der Waals surface area contributed by atoms with Gasteiger partial charge < -0.3 is 4.90 Å². The number of benzene rings is 1. The lowest BCUT2D eigenvalue weighted by atomic mass is 9.98. The van der Waals surface area contributed by atoms with Crippen molar-refractivity contribution in [1.82, 2.24) is 4.98 Å². The molecule has 0 saturated carbocycles. The quantitative estimate of drug-likeness (QED) is 0.626. The number of halogens is 1. The fraction of sp³-hybridized carbons (Fsp3) is 0.263. The zero-order valence-corrected chi connectivity index (χ0v) is 16.7. The molecular weight excluding hydrogens is 402 g/mol. The largest absolute Gasteiger partial charge is 0.369 e. The molecule has 0 spiro atoms. The molecule has 3 aromatic rings. The number of aromatic nitrogens is 1. The average Bonchev–Trinajstić information content (AvgIpc) is 3.09. The molecule has 1 aliphatic heterocycles. The van der Waals surface area contributed by atoms with E-state index in [2.05, 4.69) is 16.0 Å². The van der Waals surface area contributed by atoms with Crippen LogP contribution >= 0.6 is 22.9 Å². The number of rotatable bonds is 3. The van der Waals surface area contributed by atoms with Gasteiger partial charge in [0.05, 0.1) is 16.7 Å². The lowest BCUT2D eigenvalue weighted by Crippen LogP contribution is -2.33. The van der Waals surface area contributed by atoms with Crippen LogP contribution in [0.4, 0.5) is 5.69 Å². The van der Waals surface area contributed by atoms with Crippen molar-refractivity contribution in [2.75, 3.05) is 18.0 Å². The molecule has 1 aliphatic rings. The highest BCUT2D eigenvalue weighted by molar-refractivity contribution is 7.93. The number of hydrogen-bond acceptors (Lipinski definition) is 6. The number of hydrogen-bond donors (Lipinski definition) is 0. The summed E-state index contributed by atoms with van der Waals surface area (Å²) < 4.78 is 27.0. The summed E-state index contributed by atoms with van der Waals surface area (Å²) in [5.41, 5.74) is 0.703. The van der Waals surface area contributed by atoms with Crippen LogP contribution < -0.4 is 4.90 Å². The van der Waals surface area contributed by atoms with Crippen LogP contribution in [0.15, 0.2) is 51.7 Å². The molecule has 0 aliphatic carbocycles. The summed E-state index contributed by atoms with van der Waals surface area (Å²) in [6.07, 6.45) is 3.13. The van der Waals surface area contributed by atoms with E-state index in [0.29, 0.717) is 32.8 Å². The van der Waals surface area contributed by atoms with Gasteiger partial charge in [-0.05, 0) is 49.2 Å². The molecule has 5 nitrogen and oxygen atoms in total. The summed E-state index contributed by atoms with van der Waals surface area (Å²) in [6.45, 7) is 1.31. The molecule has 138 valence electrons. The monoisotopic (exact) mass is 417 g/mol. The predicted octanol–water partition coefficient (Wildman–Crippen LogP) is 4.52. The predicted molar refractivity (Wildman–Crippen MR) is 107 cm³/mol. The van der Waals surface area contributed by atoms with Gasteiger partial charge in [-0.3, -0.25) is 0 Å². The topological polar surface area (TPSA) is 74.1 Å². The average molecular weight is 418 g/mol. The van der Waals surface area contributed by atoms with Gasteiger partial charge in [0, 0.05) is 35.6 Å². The van der Waals surface area contributed by atoms with Crippen LogP contribution in [-0.4, -0.2) is 26.5 Å².